The molecule has 2 unspecified atom stereocenters. The van der Waals surface area contributed by atoms with Gasteiger partial charge in [-0.25, -0.2) is 9.97 Å². The number of nitrogen functional groups attached to an aromatic ring is 1. The van der Waals surface area contributed by atoms with Crippen molar-refractivity contribution in [1.82, 2.24) is 19.9 Å². The summed E-state index contributed by atoms with van der Waals surface area (Å²) >= 11 is 1.81. The summed E-state index contributed by atoms with van der Waals surface area (Å²) in [5, 5.41) is 0. The number of aromatic nitrogens is 3. The van der Waals surface area contributed by atoms with Gasteiger partial charge >= 0.3 is 0 Å². The number of ether oxygens (including phenoxy) is 2. The van der Waals surface area contributed by atoms with Gasteiger partial charge in [-0.3, -0.25) is 0 Å². The molecule has 3 rings (SSSR count). The molecule has 2 aromatic heterocycles. The van der Waals surface area contributed by atoms with Gasteiger partial charge in [0.2, 0.25) is 0 Å². The Morgan fingerprint density at radius 2 is 2.24 bits per heavy atom. The second kappa shape index (κ2) is 7.49. The van der Waals surface area contributed by atoms with Gasteiger partial charge in [-0.05, 0) is 27.2 Å². The van der Waals surface area contributed by atoms with E-state index in [1.54, 1.807) is 0 Å². The Hall–Kier alpha value is -1.35. The summed E-state index contributed by atoms with van der Waals surface area (Å²) in [7, 11) is 2.11. The highest BCUT2D eigenvalue weighted by Gasteiger charge is 2.36. The van der Waals surface area contributed by atoms with E-state index in [4.69, 9.17) is 15.2 Å². The minimum absolute atomic E-state index is 0.196. The van der Waals surface area contributed by atoms with Gasteiger partial charge in [-0.15, -0.1) is 0 Å². The summed E-state index contributed by atoms with van der Waals surface area (Å²) in [5.74, 6) is 1.30. The number of thioether (sulfide) groups is 1. The minimum Gasteiger partial charge on any atom is -0.382 e. The van der Waals surface area contributed by atoms with Gasteiger partial charge in [0.15, 0.2) is 11.6 Å². The SMILES string of the molecule is CSCC1OC(C)(C)OCC1CN(C)Cc1c[nH]c2c(N)ncnc12. The van der Waals surface area contributed by atoms with E-state index in [2.05, 4.69) is 33.2 Å². The first kappa shape index (κ1) is 18.4. The molecule has 0 amide bonds. The van der Waals surface area contributed by atoms with E-state index in [0.29, 0.717) is 18.3 Å². The molecule has 1 saturated heterocycles. The average Bonchev–Trinajstić information content (AvgIpc) is 2.94. The molecule has 2 atom stereocenters. The van der Waals surface area contributed by atoms with E-state index in [9.17, 15) is 0 Å². The molecule has 0 bridgehead atoms. The van der Waals surface area contributed by atoms with Crippen molar-refractivity contribution in [3.05, 3.63) is 18.1 Å². The molecule has 0 aliphatic carbocycles. The first-order valence-corrected chi connectivity index (χ1v) is 9.84. The molecule has 1 aliphatic heterocycles. The predicted molar refractivity (Wildman–Crippen MR) is 101 cm³/mol. The molecule has 7 nitrogen and oxygen atoms in total. The summed E-state index contributed by atoms with van der Waals surface area (Å²) in [6, 6.07) is 0. The number of H-pyrrole nitrogens is 1. The molecular weight excluding hydrogens is 338 g/mol. The highest BCUT2D eigenvalue weighted by atomic mass is 32.2. The second-order valence-corrected chi connectivity index (χ2v) is 7.99. The van der Waals surface area contributed by atoms with Crippen molar-refractivity contribution in [3.63, 3.8) is 0 Å². The molecule has 0 radical (unpaired) electrons. The van der Waals surface area contributed by atoms with Crippen LogP contribution < -0.4 is 5.73 Å². The van der Waals surface area contributed by atoms with Crippen molar-refractivity contribution in [1.29, 1.82) is 0 Å². The Bertz CT molecular complexity index is 720. The zero-order valence-electron chi connectivity index (χ0n) is 15.3. The summed E-state index contributed by atoms with van der Waals surface area (Å²) in [6.07, 6.45) is 5.78. The van der Waals surface area contributed by atoms with Crippen molar-refractivity contribution in [2.24, 2.45) is 5.92 Å². The maximum Gasteiger partial charge on any atom is 0.163 e. The van der Waals surface area contributed by atoms with Crippen LogP contribution in [0.25, 0.3) is 11.0 Å². The van der Waals surface area contributed by atoms with E-state index >= 15 is 0 Å². The maximum absolute atomic E-state index is 6.14. The van der Waals surface area contributed by atoms with Crippen LogP contribution in [0, 0.1) is 5.92 Å². The van der Waals surface area contributed by atoms with Crippen molar-refractivity contribution >= 4 is 28.6 Å². The van der Waals surface area contributed by atoms with Crippen LogP contribution in [0.5, 0.6) is 0 Å². The van der Waals surface area contributed by atoms with Crippen LogP contribution in [-0.4, -0.2) is 64.0 Å². The maximum atomic E-state index is 6.14. The highest BCUT2D eigenvalue weighted by Crippen LogP contribution is 2.29. The lowest BCUT2D eigenvalue weighted by atomic mass is 10.0. The Balaban J connectivity index is 1.66. The Morgan fingerprint density at radius 1 is 1.44 bits per heavy atom. The lowest BCUT2D eigenvalue weighted by Crippen LogP contribution is -2.49. The molecule has 138 valence electrons. The third-order valence-corrected chi connectivity index (χ3v) is 5.16. The van der Waals surface area contributed by atoms with E-state index in [0.717, 1.165) is 35.4 Å². The smallest absolute Gasteiger partial charge is 0.163 e. The number of rotatable bonds is 6. The number of fused-ring (bicyclic) bond motifs is 1. The summed E-state index contributed by atoms with van der Waals surface area (Å²) < 4.78 is 12.0. The first-order valence-electron chi connectivity index (χ1n) is 8.45. The van der Waals surface area contributed by atoms with Crippen LogP contribution in [0.4, 0.5) is 5.82 Å². The van der Waals surface area contributed by atoms with Crippen molar-refractivity contribution in [3.8, 4) is 0 Å². The quantitative estimate of drug-likeness (QED) is 0.810. The van der Waals surface area contributed by atoms with E-state index in [1.807, 2.05) is 31.8 Å². The van der Waals surface area contributed by atoms with Gasteiger partial charge in [-0.1, -0.05) is 0 Å². The first-order chi connectivity index (χ1) is 11.9. The Morgan fingerprint density at radius 3 is 3.00 bits per heavy atom. The lowest BCUT2D eigenvalue weighted by molar-refractivity contribution is -0.288. The topological polar surface area (TPSA) is 89.3 Å². The molecule has 1 fully saturated rings. The summed E-state index contributed by atoms with van der Waals surface area (Å²) in [6.45, 7) is 6.36. The van der Waals surface area contributed by atoms with Gasteiger partial charge in [-0.2, -0.15) is 11.8 Å². The number of hydrogen-bond donors (Lipinski definition) is 2. The number of nitrogens with two attached hydrogens (primary N) is 1. The van der Waals surface area contributed by atoms with Gasteiger partial charge in [0.1, 0.15) is 11.8 Å². The average molecular weight is 366 g/mol. The van der Waals surface area contributed by atoms with Crippen LogP contribution in [0.15, 0.2) is 12.5 Å². The lowest BCUT2D eigenvalue weighted by Gasteiger charge is -2.42. The van der Waals surface area contributed by atoms with Gasteiger partial charge in [0.25, 0.3) is 0 Å². The standard InChI is InChI=1S/C17H27N5O2S/c1-17(2)23-8-12(13(24-17)9-25-4)7-22(3)6-11-5-19-15-14(11)20-10-21-16(15)18/h5,10,12-13,19H,6-9H2,1-4H3,(H2,18,20,21). The molecule has 0 aromatic carbocycles. The van der Waals surface area contributed by atoms with Crippen LogP contribution >= 0.6 is 11.8 Å². The van der Waals surface area contributed by atoms with Crippen molar-refractivity contribution in [2.45, 2.75) is 32.3 Å². The van der Waals surface area contributed by atoms with Gasteiger partial charge in [0, 0.05) is 36.5 Å². The molecule has 2 aromatic rings. The molecule has 0 saturated carbocycles. The number of hydrogen-bond acceptors (Lipinski definition) is 7. The number of aromatic amines is 1. The number of nitrogens with zero attached hydrogens (tertiary/aromatic N) is 3. The van der Waals surface area contributed by atoms with Crippen LogP contribution in [0.2, 0.25) is 0 Å². The number of nitrogens with one attached hydrogen (secondary N) is 1. The molecule has 0 spiro atoms. The Kier molecular flexibility index (Phi) is 5.52. The zero-order valence-corrected chi connectivity index (χ0v) is 16.1. The third kappa shape index (κ3) is 4.25. The normalized spacial score (nSPS) is 23.4. The summed E-state index contributed by atoms with van der Waals surface area (Å²) in [5.41, 5.74) is 8.70. The van der Waals surface area contributed by atoms with Crippen molar-refractivity contribution in [2.75, 3.05) is 37.9 Å². The molecule has 3 N–H and O–H groups in total. The second-order valence-electron chi connectivity index (χ2n) is 7.08. The summed E-state index contributed by atoms with van der Waals surface area (Å²) in [4.78, 5) is 13.8. The largest absolute Gasteiger partial charge is 0.382 e. The van der Waals surface area contributed by atoms with E-state index < -0.39 is 5.79 Å². The molecule has 25 heavy (non-hydrogen) atoms. The third-order valence-electron chi connectivity index (χ3n) is 4.49. The molecule has 3 heterocycles. The zero-order chi connectivity index (χ0) is 18.0. The molecule has 8 heteroatoms. The van der Waals surface area contributed by atoms with Crippen molar-refractivity contribution < 1.29 is 9.47 Å². The predicted octanol–water partition coefficient (Wildman–Crippen LogP) is 2.10. The van der Waals surface area contributed by atoms with Gasteiger partial charge < -0.3 is 25.1 Å². The van der Waals surface area contributed by atoms with Crippen LogP contribution in [0.3, 0.4) is 0 Å². The fourth-order valence-corrected chi connectivity index (χ4v) is 3.97. The van der Waals surface area contributed by atoms with Crippen LogP contribution in [0.1, 0.15) is 19.4 Å². The highest BCUT2D eigenvalue weighted by molar-refractivity contribution is 7.98. The Labute approximate surface area is 152 Å². The monoisotopic (exact) mass is 365 g/mol. The van der Waals surface area contributed by atoms with Gasteiger partial charge in [0.05, 0.1) is 18.2 Å². The fraction of sp³-hybridized carbons (Fsp3) is 0.647. The fourth-order valence-electron chi connectivity index (χ4n) is 3.30. The molecule has 1 aliphatic rings. The van der Waals surface area contributed by atoms with E-state index in [-0.39, 0.29) is 6.10 Å². The molecular formula is C17H27N5O2S. The number of anilines is 1. The van der Waals surface area contributed by atoms with Crippen LogP contribution in [-0.2, 0) is 16.0 Å². The minimum atomic E-state index is -0.499. The van der Waals surface area contributed by atoms with E-state index in [1.165, 1.54) is 6.33 Å².